The van der Waals surface area contributed by atoms with Gasteiger partial charge in [0.1, 0.15) is 0 Å². The number of hydrogen-bond donors (Lipinski definition) is 0. The van der Waals surface area contributed by atoms with Crippen LogP contribution in [0.15, 0.2) is 33.5 Å². The number of nitrogens with zero attached hydrogens (tertiary/aromatic N) is 3. The van der Waals surface area contributed by atoms with E-state index < -0.39 is 0 Å². The van der Waals surface area contributed by atoms with Crippen molar-refractivity contribution in [2.75, 3.05) is 20.1 Å². The first-order chi connectivity index (χ1) is 11.5. The number of hydrogen-bond acceptors (Lipinski definition) is 4. The minimum Gasteiger partial charge on any atom is -0.408 e. The van der Waals surface area contributed by atoms with Crippen LogP contribution in [0.3, 0.4) is 0 Å². The molecule has 0 spiro atoms. The first kappa shape index (κ1) is 16.8. The number of oxazole rings is 1. The second-order valence-corrected chi connectivity index (χ2v) is 6.84. The number of para-hydroxylation sites is 2. The predicted octanol–water partition coefficient (Wildman–Crippen LogP) is 2.13. The third-order valence-electron chi connectivity index (χ3n) is 4.97. The maximum absolute atomic E-state index is 12.4. The summed E-state index contributed by atoms with van der Waals surface area (Å²) < 4.78 is 6.94. The molecule has 24 heavy (non-hydrogen) atoms. The molecule has 0 unspecified atom stereocenters. The van der Waals surface area contributed by atoms with E-state index in [0.29, 0.717) is 12.3 Å². The van der Waals surface area contributed by atoms with Gasteiger partial charge >= 0.3 is 5.76 Å². The maximum atomic E-state index is 12.4. The van der Waals surface area contributed by atoms with Crippen molar-refractivity contribution in [2.24, 2.45) is 5.92 Å². The first-order valence-electron chi connectivity index (χ1n) is 8.54. The van der Waals surface area contributed by atoms with Gasteiger partial charge in [0.2, 0.25) is 5.91 Å². The Morgan fingerprint density at radius 3 is 2.62 bits per heavy atom. The van der Waals surface area contributed by atoms with Gasteiger partial charge in [-0.2, -0.15) is 0 Å². The quantitative estimate of drug-likeness (QED) is 0.861. The summed E-state index contributed by atoms with van der Waals surface area (Å²) >= 11 is 0. The molecule has 2 heterocycles. The number of amides is 1. The molecular weight excluding hydrogens is 306 g/mol. The molecule has 1 aliphatic rings. The fourth-order valence-electron chi connectivity index (χ4n) is 3.21. The number of likely N-dealkylation sites (tertiary alicyclic amines) is 1. The van der Waals surface area contributed by atoms with Crippen LogP contribution in [0.1, 0.15) is 26.7 Å². The largest absolute Gasteiger partial charge is 0.421 e. The molecule has 1 saturated heterocycles. The van der Waals surface area contributed by atoms with Crippen LogP contribution in [-0.4, -0.2) is 46.5 Å². The zero-order valence-corrected chi connectivity index (χ0v) is 14.6. The number of rotatable bonds is 4. The summed E-state index contributed by atoms with van der Waals surface area (Å²) in [6, 6.07) is 7.69. The zero-order chi connectivity index (χ0) is 17.3. The molecule has 0 bridgehead atoms. The average Bonchev–Trinajstić information content (AvgIpc) is 2.90. The van der Waals surface area contributed by atoms with Crippen molar-refractivity contribution in [3.8, 4) is 0 Å². The maximum Gasteiger partial charge on any atom is 0.421 e. The second kappa shape index (κ2) is 6.81. The van der Waals surface area contributed by atoms with Crippen molar-refractivity contribution >= 4 is 17.0 Å². The van der Waals surface area contributed by atoms with E-state index in [1.807, 2.05) is 44.0 Å². The van der Waals surface area contributed by atoms with Gasteiger partial charge in [-0.1, -0.05) is 12.1 Å². The average molecular weight is 331 g/mol. The number of carbonyl (C=O) groups excluding carboxylic acids is 1. The molecule has 0 radical (unpaired) electrons. The molecule has 0 atom stereocenters. The van der Waals surface area contributed by atoms with E-state index >= 15 is 0 Å². The van der Waals surface area contributed by atoms with E-state index in [1.165, 1.54) is 0 Å². The Morgan fingerprint density at radius 1 is 1.29 bits per heavy atom. The van der Waals surface area contributed by atoms with Gasteiger partial charge in [0.25, 0.3) is 0 Å². The van der Waals surface area contributed by atoms with Crippen molar-refractivity contribution in [3.63, 3.8) is 0 Å². The van der Waals surface area contributed by atoms with Gasteiger partial charge in [-0.3, -0.25) is 14.3 Å². The molecule has 1 aliphatic heterocycles. The van der Waals surface area contributed by atoms with Gasteiger partial charge in [-0.05, 0) is 38.8 Å². The molecule has 3 rings (SSSR count). The summed E-state index contributed by atoms with van der Waals surface area (Å²) in [6.07, 6.45) is 1.67. The molecular formula is C18H25N3O3. The number of aromatic nitrogens is 1. The van der Waals surface area contributed by atoms with Crippen molar-refractivity contribution in [1.29, 1.82) is 0 Å². The van der Waals surface area contributed by atoms with Crippen molar-refractivity contribution in [2.45, 2.75) is 39.4 Å². The minimum atomic E-state index is -0.325. The van der Waals surface area contributed by atoms with Crippen LogP contribution in [0.5, 0.6) is 0 Å². The highest BCUT2D eigenvalue weighted by molar-refractivity contribution is 5.79. The van der Waals surface area contributed by atoms with Crippen LogP contribution in [0.2, 0.25) is 0 Å². The smallest absolute Gasteiger partial charge is 0.408 e. The van der Waals surface area contributed by atoms with Crippen molar-refractivity contribution < 1.29 is 9.21 Å². The number of fused-ring (bicyclic) bond motifs is 1. The Balaban J connectivity index is 1.64. The third-order valence-corrected chi connectivity index (χ3v) is 4.97. The third kappa shape index (κ3) is 3.24. The van der Waals surface area contributed by atoms with Gasteiger partial charge in [0.15, 0.2) is 5.58 Å². The lowest BCUT2D eigenvalue weighted by molar-refractivity contribution is -0.137. The monoisotopic (exact) mass is 331 g/mol. The van der Waals surface area contributed by atoms with Crippen LogP contribution in [-0.2, 0) is 11.5 Å². The number of benzene rings is 1. The topological polar surface area (TPSA) is 58.7 Å². The van der Waals surface area contributed by atoms with Crippen LogP contribution in [0.4, 0.5) is 0 Å². The SMILES string of the molecule is CC(C)N(C)C(=O)C1CCN(Cn2c(=O)oc3ccccc32)CC1. The minimum absolute atomic E-state index is 0.0893. The zero-order valence-electron chi connectivity index (χ0n) is 14.6. The highest BCUT2D eigenvalue weighted by Crippen LogP contribution is 2.21. The van der Waals surface area contributed by atoms with Crippen LogP contribution >= 0.6 is 0 Å². The van der Waals surface area contributed by atoms with Gasteiger partial charge in [-0.25, -0.2) is 4.79 Å². The molecule has 2 aromatic rings. The second-order valence-electron chi connectivity index (χ2n) is 6.84. The van der Waals surface area contributed by atoms with E-state index in [4.69, 9.17) is 4.42 Å². The van der Waals surface area contributed by atoms with E-state index in [-0.39, 0.29) is 23.6 Å². The summed E-state index contributed by atoms with van der Waals surface area (Å²) in [7, 11) is 1.87. The van der Waals surface area contributed by atoms with E-state index in [1.54, 1.807) is 10.6 Å². The highest BCUT2D eigenvalue weighted by Gasteiger charge is 2.28. The molecule has 0 aliphatic carbocycles. The standard InChI is InChI=1S/C18H25N3O3/c1-13(2)19(3)17(22)14-8-10-20(11-9-14)12-21-15-6-4-5-7-16(15)24-18(21)23/h4-7,13-14H,8-12H2,1-3H3. The fraction of sp³-hybridized carbons (Fsp3) is 0.556. The van der Waals surface area contributed by atoms with E-state index in [2.05, 4.69) is 4.90 Å². The molecule has 0 saturated carbocycles. The van der Waals surface area contributed by atoms with E-state index in [9.17, 15) is 9.59 Å². The van der Waals surface area contributed by atoms with Gasteiger partial charge < -0.3 is 9.32 Å². The lowest BCUT2D eigenvalue weighted by Gasteiger charge is -2.34. The lowest BCUT2D eigenvalue weighted by Crippen LogP contribution is -2.44. The molecule has 6 heteroatoms. The Labute approximate surface area is 141 Å². The number of piperidine rings is 1. The molecule has 1 aromatic carbocycles. The summed E-state index contributed by atoms with van der Waals surface area (Å²) in [6.45, 7) is 6.20. The highest BCUT2D eigenvalue weighted by atomic mass is 16.4. The van der Waals surface area contributed by atoms with Gasteiger partial charge in [0, 0.05) is 32.1 Å². The molecule has 130 valence electrons. The summed E-state index contributed by atoms with van der Waals surface area (Å²) in [5.74, 6) is -0.00372. The number of carbonyl (C=O) groups is 1. The summed E-state index contributed by atoms with van der Waals surface area (Å²) in [5.41, 5.74) is 1.44. The Hall–Kier alpha value is -2.08. The normalized spacial score (nSPS) is 16.8. The van der Waals surface area contributed by atoms with Crippen LogP contribution < -0.4 is 5.76 Å². The molecule has 6 nitrogen and oxygen atoms in total. The fourth-order valence-corrected chi connectivity index (χ4v) is 3.21. The molecule has 1 amide bonds. The van der Waals surface area contributed by atoms with Crippen molar-refractivity contribution in [3.05, 3.63) is 34.8 Å². The van der Waals surface area contributed by atoms with Crippen LogP contribution in [0, 0.1) is 5.92 Å². The first-order valence-corrected chi connectivity index (χ1v) is 8.54. The lowest BCUT2D eigenvalue weighted by atomic mass is 9.95. The predicted molar refractivity (Wildman–Crippen MR) is 92.7 cm³/mol. The Morgan fingerprint density at radius 2 is 1.96 bits per heavy atom. The van der Waals surface area contributed by atoms with Crippen LogP contribution in [0.25, 0.3) is 11.1 Å². The van der Waals surface area contributed by atoms with E-state index in [0.717, 1.165) is 31.4 Å². The Kier molecular flexibility index (Phi) is 4.76. The van der Waals surface area contributed by atoms with Gasteiger partial charge in [-0.15, -0.1) is 0 Å². The van der Waals surface area contributed by atoms with Gasteiger partial charge in [0.05, 0.1) is 12.2 Å². The summed E-state index contributed by atoms with van der Waals surface area (Å²) in [4.78, 5) is 28.5. The molecule has 1 fully saturated rings. The summed E-state index contributed by atoms with van der Waals surface area (Å²) in [5, 5.41) is 0. The molecule has 1 aromatic heterocycles. The molecule has 0 N–H and O–H groups in total. The Bertz CT molecular complexity index is 769. The van der Waals surface area contributed by atoms with Crippen molar-refractivity contribution in [1.82, 2.24) is 14.4 Å².